The monoisotopic (exact) mass is 321 g/mol. The van der Waals surface area contributed by atoms with Gasteiger partial charge in [0.15, 0.2) is 5.96 Å². The second-order valence-corrected chi connectivity index (χ2v) is 6.55. The number of likely N-dealkylation sites (tertiary alicyclic amines) is 1. The first kappa shape index (κ1) is 17.2. The fourth-order valence-corrected chi connectivity index (χ4v) is 2.98. The summed E-state index contributed by atoms with van der Waals surface area (Å²) in [6, 6.07) is 10.4. The Morgan fingerprint density at radius 1 is 1.41 bits per heavy atom. The minimum atomic E-state index is 0.600. The molecule has 1 unspecified atom stereocenters. The van der Waals surface area contributed by atoms with Crippen LogP contribution >= 0.6 is 11.8 Å². The lowest BCUT2D eigenvalue weighted by molar-refractivity contribution is 0.0907. The van der Waals surface area contributed by atoms with E-state index in [2.05, 4.69) is 45.7 Å². The van der Waals surface area contributed by atoms with Gasteiger partial charge >= 0.3 is 0 Å². The molecule has 0 radical (unpaired) electrons. The Morgan fingerprint density at radius 3 is 2.95 bits per heavy atom. The summed E-state index contributed by atoms with van der Waals surface area (Å²) in [4.78, 5) is 6.73. The van der Waals surface area contributed by atoms with Crippen LogP contribution in [0, 0.1) is 5.92 Å². The summed E-state index contributed by atoms with van der Waals surface area (Å²) in [5, 5.41) is 3.43. The van der Waals surface area contributed by atoms with Crippen molar-refractivity contribution in [3.05, 3.63) is 35.9 Å². The van der Waals surface area contributed by atoms with E-state index in [-0.39, 0.29) is 0 Å². The molecule has 1 aliphatic rings. The normalized spacial score (nSPS) is 18.7. The topological polar surface area (TPSA) is 36.9 Å². The Bertz CT molecular complexity index is 452. The van der Waals surface area contributed by atoms with Crippen molar-refractivity contribution in [2.75, 3.05) is 45.3 Å². The van der Waals surface area contributed by atoms with Crippen molar-refractivity contribution in [2.45, 2.75) is 13.0 Å². The molecule has 1 N–H and O–H groups in total. The standard InChI is InChI=1S/C17H27N3OS/c1-18-17(19-9-11-22-2)20-10-8-16(12-20)14-21-13-15-6-4-3-5-7-15/h3-7,16H,8-14H2,1-2H3,(H,18,19). The van der Waals surface area contributed by atoms with Gasteiger partial charge in [0.25, 0.3) is 0 Å². The van der Waals surface area contributed by atoms with Crippen molar-refractivity contribution in [1.29, 1.82) is 0 Å². The third-order valence-corrected chi connectivity index (χ3v) is 4.46. The van der Waals surface area contributed by atoms with Crippen molar-refractivity contribution in [3.63, 3.8) is 0 Å². The van der Waals surface area contributed by atoms with Crippen LogP contribution in [0.1, 0.15) is 12.0 Å². The van der Waals surface area contributed by atoms with Crippen LogP contribution < -0.4 is 5.32 Å². The number of hydrogen-bond acceptors (Lipinski definition) is 3. The zero-order valence-corrected chi connectivity index (χ0v) is 14.4. The quantitative estimate of drug-likeness (QED) is 0.475. The van der Waals surface area contributed by atoms with Gasteiger partial charge in [0.2, 0.25) is 0 Å². The molecular weight excluding hydrogens is 294 g/mol. The lowest BCUT2D eigenvalue weighted by Gasteiger charge is -2.21. The van der Waals surface area contributed by atoms with E-state index in [9.17, 15) is 0 Å². The smallest absolute Gasteiger partial charge is 0.193 e. The third kappa shape index (κ3) is 5.54. The van der Waals surface area contributed by atoms with Gasteiger partial charge in [0, 0.05) is 38.4 Å². The van der Waals surface area contributed by atoms with Gasteiger partial charge in [-0.2, -0.15) is 11.8 Å². The summed E-state index contributed by atoms with van der Waals surface area (Å²) in [6.45, 7) is 4.61. The molecular formula is C17H27N3OS. The van der Waals surface area contributed by atoms with E-state index in [4.69, 9.17) is 4.74 Å². The minimum absolute atomic E-state index is 0.600. The third-order valence-electron chi connectivity index (χ3n) is 3.85. The maximum Gasteiger partial charge on any atom is 0.193 e. The molecule has 22 heavy (non-hydrogen) atoms. The zero-order chi connectivity index (χ0) is 15.6. The van der Waals surface area contributed by atoms with Gasteiger partial charge in [-0.3, -0.25) is 4.99 Å². The van der Waals surface area contributed by atoms with Crippen molar-refractivity contribution in [3.8, 4) is 0 Å². The average molecular weight is 321 g/mol. The highest BCUT2D eigenvalue weighted by atomic mass is 32.2. The summed E-state index contributed by atoms with van der Waals surface area (Å²) >= 11 is 1.85. The molecule has 1 atom stereocenters. The van der Waals surface area contributed by atoms with Crippen LogP contribution in [0.2, 0.25) is 0 Å². The van der Waals surface area contributed by atoms with Crippen LogP contribution in [0.15, 0.2) is 35.3 Å². The molecule has 1 aromatic carbocycles. The predicted molar refractivity (Wildman–Crippen MR) is 95.5 cm³/mol. The number of aliphatic imine (C=N–C) groups is 1. The lowest BCUT2D eigenvalue weighted by atomic mass is 10.1. The number of guanidine groups is 1. The van der Waals surface area contributed by atoms with Crippen LogP contribution in [0.4, 0.5) is 0 Å². The Labute approximate surface area is 138 Å². The molecule has 122 valence electrons. The molecule has 1 aromatic rings. The van der Waals surface area contributed by atoms with E-state index in [1.807, 2.05) is 24.9 Å². The Kier molecular flexibility index (Phi) is 7.60. The molecule has 0 amide bonds. The summed E-state index contributed by atoms with van der Waals surface area (Å²) in [6.07, 6.45) is 3.30. The molecule has 0 spiro atoms. The molecule has 4 nitrogen and oxygen atoms in total. The number of rotatable bonds is 7. The van der Waals surface area contributed by atoms with Gasteiger partial charge in [0.05, 0.1) is 13.2 Å². The van der Waals surface area contributed by atoms with Gasteiger partial charge in [0.1, 0.15) is 0 Å². The Hall–Kier alpha value is -1.20. The fraction of sp³-hybridized carbons (Fsp3) is 0.588. The van der Waals surface area contributed by atoms with E-state index in [1.165, 1.54) is 12.0 Å². The van der Waals surface area contributed by atoms with Gasteiger partial charge < -0.3 is 15.0 Å². The van der Waals surface area contributed by atoms with E-state index in [0.29, 0.717) is 12.5 Å². The average Bonchev–Trinajstić information content (AvgIpc) is 3.01. The highest BCUT2D eigenvalue weighted by Crippen LogP contribution is 2.17. The Balaban J connectivity index is 1.68. The second-order valence-electron chi connectivity index (χ2n) is 5.57. The van der Waals surface area contributed by atoms with Crippen LogP contribution in [-0.2, 0) is 11.3 Å². The maximum absolute atomic E-state index is 5.87. The minimum Gasteiger partial charge on any atom is -0.376 e. The van der Waals surface area contributed by atoms with Crippen LogP contribution in [0.25, 0.3) is 0 Å². The van der Waals surface area contributed by atoms with Gasteiger partial charge in [-0.05, 0) is 18.2 Å². The van der Waals surface area contributed by atoms with Crippen LogP contribution in [0.5, 0.6) is 0 Å². The second kappa shape index (κ2) is 9.74. The Morgan fingerprint density at radius 2 is 2.23 bits per heavy atom. The van der Waals surface area contributed by atoms with Crippen molar-refractivity contribution in [2.24, 2.45) is 10.9 Å². The van der Waals surface area contributed by atoms with Crippen molar-refractivity contribution in [1.82, 2.24) is 10.2 Å². The fourth-order valence-electron chi connectivity index (χ4n) is 2.68. The lowest BCUT2D eigenvalue weighted by Crippen LogP contribution is -2.41. The van der Waals surface area contributed by atoms with E-state index in [1.54, 1.807) is 0 Å². The maximum atomic E-state index is 5.87. The highest BCUT2D eigenvalue weighted by Gasteiger charge is 2.24. The summed E-state index contributed by atoms with van der Waals surface area (Å²) in [5.41, 5.74) is 1.24. The van der Waals surface area contributed by atoms with Crippen LogP contribution in [-0.4, -0.2) is 56.2 Å². The number of thioether (sulfide) groups is 1. The van der Waals surface area contributed by atoms with Crippen molar-refractivity contribution >= 4 is 17.7 Å². The first-order valence-corrected chi connectivity index (χ1v) is 9.29. The largest absolute Gasteiger partial charge is 0.376 e. The molecule has 0 aliphatic carbocycles. The highest BCUT2D eigenvalue weighted by molar-refractivity contribution is 7.98. The van der Waals surface area contributed by atoms with E-state index >= 15 is 0 Å². The molecule has 5 heteroatoms. The van der Waals surface area contributed by atoms with E-state index in [0.717, 1.165) is 38.0 Å². The molecule has 1 heterocycles. The predicted octanol–water partition coefficient (Wildman–Crippen LogP) is 2.46. The number of ether oxygens (including phenoxy) is 1. The SMILES string of the molecule is CN=C(NCCSC)N1CCC(COCc2ccccc2)C1. The van der Waals surface area contributed by atoms with Crippen molar-refractivity contribution < 1.29 is 4.74 Å². The number of nitrogens with zero attached hydrogens (tertiary/aromatic N) is 2. The summed E-state index contributed by atoms with van der Waals surface area (Å²) < 4.78 is 5.87. The number of hydrogen-bond donors (Lipinski definition) is 1. The van der Waals surface area contributed by atoms with Gasteiger partial charge in [-0.25, -0.2) is 0 Å². The number of benzene rings is 1. The van der Waals surface area contributed by atoms with Gasteiger partial charge in [-0.1, -0.05) is 30.3 Å². The molecule has 1 aliphatic heterocycles. The van der Waals surface area contributed by atoms with Crippen LogP contribution in [0.3, 0.4) is 0 Å². The molecule has 0 aromatic heterocycles. The zero-order valence-electron chi connectivity index (χ0n) is 13.6. The summed E-state index contributed by atoms with van der Waals surface area (Å²) in [5.74, 6) is 2.73. The molecule has 0 saturated carbocycles. The molecule has 2 rings (SSSR count). The van der Waals surface area contributed by atoms with Gasteiger partial charge in [-0.15, -0.1) is 0 Å². The number of nitrogens with one attached hydrogen (secondary N) is 1. The first-order valence-electron chi connectivity index (χ1n) is 7.89. The first-order chi connectivity index (χ1) is 10.8. The molecule has 1 fully saturated rings. The summed E-state index contributed by atoms with van der Waals surface area (Å²) in [7, 11) is 1.86. The van der Waals surface area contributed by atoms with E-state index < -0.39 is 0 Å². The molecule has 0 bridgehead atoms. The molecule has 1 saturated heterocycles.